The first-order valence-electron chi connectivity index (χ1n) is 10.2. The monoisotopic (exact) mass is 496 g/mol. The Balaban J connectivity index is 0.000000192. The van der Waals surface area contributed by atoms with Crippen LogP contribution in [0.15, 0.2) is 84.9 Å². The van der Waals surface area contributed by atoms with Crippen molar-refractivity contribution in [1.29, 1.82) is 0 Å². The summed E-state index contributed by atoms with van der Waals surface area (Å²) >= 11 is 11.7. The normalized spacial score (nSPS) is 10.1. The second-order valence-electron chi connectivity index (χ2n) is 7.34. The lowest BCUT2D eigenvalue weighted by molar-refractivity contribution is -0.385. The number of hydrogen-bond acceptors (Lipinski definition) is 5. The molecule has 2 N–H and O–H groups in total. The molecule has 8 heteroatoms. The van der Waals surface area contributed by atoms with E-state index in [1.54, 1.807) is 49.4 Å². The molecule has 0 saturated carbocycles. The van der Waals surface area contributed by atoms with Gasteiger partial charge in [0.15, 0.2) is 0 Å². The summed E-state index contributed by atoms with van der Waals surface area (Å²) in [6.45, 7) is 3.61. The Hall–Kier alpha value is -3.74. The van der Waals surface area contributed by atoms with Gasteiger partial charge in [-0.25, -0.2) is 0 Å². The number of nitro benzene ring substituents is 1. The van der Waals surface area contributed by atoms with Crippen molar-refractivity contribution >= 4 is 34.6 Å². The molecule has 0 unspecified atom stereocenters. The van der Waals surface area contributed by atoms with Gasteiger partial charge in [0, 0.05) is 27.4 Å². The Labute approximate surface area is 207 Å². The van der Waals surface area contributed by atoms with Gasteiger partial charge in [0.2, 0.25) is 0 Å². The van der Waals surface area contributed by atoms with E-state index in [4.69, 9.17) is 38.4 Å². The maximum atomic E-state index is 10.7. The number of benzene rings is 4. The van der Waals surface area contributed by atoms with Gasteiger partial charge in [-0.2, -0.15) is 0 Å². The van der Waals surface area contributed by atoms with E-state index in [9.17, 15) is 10.1 Å². The number of ether oxygens (including phenoxy) is 2. The van der Waals surface area contributed by atoms with Crippen LogP contribution in [-0.4, -0.2) is 4.92 Å². The van der Waals surface area contributed by atoms with Crippen LogP contribution in [-0.2, 0) is 0 Å². The Kier molecular flexibility index (Phi) is 8.35. The Morgan fingerprint density at radius 1 is 0.706 bits per heavy atom. The third-order valence-electron chi connectivity index (χ3n) is 4.67. The first-order valence-corrected chi connectivity index (χ1v) is 10.9. The van der Waals surface area contributed by atoms with E-state index in [0.29, 0.717) is 27.1 Å². The van der Waals surface area contributed by atoms with Crippen molar-refractivity contribution in [2.45, 2.75) is 13.8 Å². The number of hydrogen-bond donors (Lipinski definition) is 1. The molecule has 0 aliphatic carbocycles. The van der Waals surface area contributed by atoms with E-state index in [1.165, 1.54) is 6.07 Å². The van der Waals surface area contributed by atoms with Crippen LogP contribution in [0, 0.1) is 24.0 Å². The van der Waals surface area contributed by atoms with Crippen LogP contribution in [0.1, 0.15) is 11.1 Å². The van der Waals surface area contributed by atoms with Crippen LogP contribution in [0.5, 0.6) is 23.0 Å². The number of anilines is 1. The molecule has 0 spiro atoms. The van der Waals surface area contributed by atoms with Gasteiger partial charge in [0.25, 0.3) is 5.69 Å². The maximum Gasteiger partial charge on any atom is 0.272 e. The van der Waals surface area contributed by atoms with E-state index >= 15 is 0 Å². The van der Waals surface area contributed by atoms with Crippen LogP contribution in [0.25, 0.3) is 0 Å². The lowest BCUT2D eigenvalue weighted by Crippen LogP contribution is -1.92. The summed E-state index contributed by atoms with van der Waals surface area (Å²) in [6, 6.07) is 24.4. The molecular formula is C26H22Cl2N2O4. The smallest absolute Gasteiger partial charge is 0.272 e. The summed E-state index contributed by atoms with van der Waals surface area (Å²) < 4.78 is 11.2. The number of nitrogens with zero attached hydrogens (tertiary/aromatic N) is 1. The van der Waals surface area contributed by atoms with Crippen LogP contribution < -0.4 is 15.2 Å². The highest BCUT2D eigenvalue weighted by molar-refractivity contribution is 6.31. The predicted octanol–water partition coefficient (Wildman–Crippen LogP) is 8.37. The fraction of sp³-hybridized carbons (Fsp3) is 0.0769. The summed E-state index contributed by atoms with van der Waals surface area (Å²) in [7, 11) is 0. The topological polar surface area (TPSA) is 87.6 Å². The molecule has 0 heterocycles. The van der Waals surface area contributed by atoms with Crippen molar-refractivity contribution in [2.75, 3.05) is 5.73 Å². The third kappa shape index (κ3) is 7.13. The highest BCUT2D eigenvalue weighted by Crippen LogP contribution is 2.28. The maximum absolute atomic E-state index is 10.7. The zero-order chi connectivity index (χ0) is 24.7. The summed E-state index contributed by atoms with van der Waals surface area (Å²) in [4.78, 5) is 10.3. The zero-order valence-corrected chi connectivity index (χ0v) is 20.0. The molecule has 0 aliphatic rings. The lowest BCUT2D eigenvalue weighted by Gasteiger charge is -2.07. The average Bonchev–Trinajstić information content (AvgIpc) is 2.77. The molecule has 4 aromatic carbocycles. The van der Waals surface area contributed by atoms with Crippen LogP contribution in [0.3, 0.4) is 0 Å². The number of rotatable bonds is 5. The van der Waals surface area contributed by atoms with E-state index < -0.39 is 4.92 Å². The van der Waals surface area contributed by atoms with Crippen LogP contribution >= 0.6 is 23.2 Å². The van der Waals surface area contributed by atoms with Gasteiger partial charge in [-0.05, 0) is 86.1 Å². The largest absolute Gasteiger partial charge is 0.457 e. The van der Waals surface area contributed by atoms with Gasteiger partial charge >= 0.3 is 0 Å². The van der Waals surface area contributed by atoms with Crippen molar-refractivity contribution in [2.24, 2.45) is 0 Å². The molecule has 0 atom stereocenters. The standard InChI is InChI=1S/C13H10ClNO3.C13H12ClNO/c1-9-7-12(5-6-13(9)15(16)17)18-11-4-2-3-10(14)8-11;1-9-7-12(5-6-13(9)15)16-11-4-2-3-10(14)8-11/h2-8H,1H3;2-8H,15H2,1H3. The highest BCUT2D eigenvalue weighted by Gasteiger charge is 2.11. The Bertz CT molecular complexity index is 1310. The minimum absolute atomic E-state index is 0.0773. The van der Waals surface area contributed by atoms with Crippen molar-refractivity contribution in [1.82, 2.24) is 0 Å². The highest BCUT2D eigenvalue weighted by atomic mass is 35.5. The minimum atomic E-state index is -0.418. The quantitative estimate of drug-likeness (QED) is 0.170. The second kappa shape index (κ2) is 11.4. The first kappa shape index (κ1) is 24.9. The molecule has 34 heavy (non-hydrogen) atoms. The molecule has 4 rings (SSSR count). The Morgan fingerprint density at radius 3 is 1.62 bits per heavy atom. The average molecular weight is 497 g/mol. The van der Waals surface area contributed by atoms with Gasteiger partial charge < -0.3 is 15.2 Å². The Morgan fingerprint density at radius 2 is 1.18 bits per heavy atom. The van der Waals surface area contributed by atoms with Crippen LogP contribution in [0.2, 0.25) is 10.0 Å². The molecule has 0 amide bonds. The van der Waals surface area contributed by atoms with Gasteiger partial charge in [-0.1, -0.05) is 35.3 Å². The first-order chi connectivity index (χ1) is 16.2. The molecule has 0 aromatic heterocycles. The van der Waals surface area contributed by atoms with E-state index in [2.05, 4.69) is 0 Å². The molecule has 0 radical (unpaired) electrons. The van der Waals surface area contributed by atoms with Gasteiger partial charge in [-0.3, -0.25) is 10.1 Å². The summed E-state index contributed by atoms with van der Waals surface area (Å²) in [5.41, 5.74) is 8.12. The summed E-state index contributed by atoms with van der Waals surface area (Å²) in [6.07, 6.45) is 0. The number of aryl methyl sites for hydroxylation is 2. The van der Waals surface area contributed by atoms with Gasteiger partial charge in [-0.15, -0.1) is 0 Å². The molecule has 174 valence electrons. The van der Waals surface area contributed by atoms with Crippen LogP contribution in [0.4, 0.5) is 11.4 Å². The molecule has 0 saturated heterocycles. The van der Waals surface area contributed by atoms with E-state index in [0.717, 1.165) is 22.7 Å². The van der Waals surface area contributed by atoms with Crippen molar-refractivity contribution in [3.05, 3.63) is 116 Å². The van der Waals surface area contributed by atoms with Gasteiger partial charge in [0.05, 0.1) is 4.92 Å². The van der Waals surface area contributed by atoms with Crippen molar-refractivity contribution in [3.8, 4) is 23.0 Å². The minimum Gasteiger partial charge on any atom is -0.457 e. The fourth-order valence-electron chi connectivity index (χ4n) is 2.94. The molecule has 0 fully saturated rings. The zero-order valence-electron chi connectivity index (χ0n) is 18.5. The predicted molar refractivity (Wildman–Crippen MR) is 136 cm³/mol. The molecule has 0 bridgehead atoms. The number of nitro groups is 1. The third-order valence-corrected chi connectivity index (χ3v) is 5.14. The van der Waals surface area contributed by atoms with Gasteiger partial charge in [0.1, 0.15) is 23.0 Å². The van der Waals surface area contributed by atoms with Crippen molar-refractivity contribution in [3.63, 3.8) is 0 Å². The number of nitrogens with two attached hydrogens (primary N) is 1. The SMILES string of the molecule is Cc1cc(Oc2cccc(Cl)c2)ccc1N.Cc1cc(Oc2cccc(Cl)c2)ccc1[N+](=O)[O-]. The molecule has 6 nitrogen and oxygen atoms in total. The number of halogens is 2. The lowest BCUT2D eigenvalue weighted by atomic mass is 10.2. The summed E-state index contributed by atoms with van der Waals surface area (Å²) in [5.74, 6) is 2.61. The second-order valence-corrected chi connectivity index (χ2v) is 8.22. The molecular weight excluding hydrogens is 475 g/mol. The number of nitrogen functional groups attached to an aromatic ring is 1. The van der Waals surface area contributed by atoms with Crippen molar-refractivity contribution < 1.29 is 14.4 Å². The van der Waals surface area contributed by atoms with E-state index in [1.807, 2.05) is 43.3 Å². The van der Waals surface area contributed by atoms with E-state index in [-0.39, 0.29) is 5.69 Å². The summed E-state index contributed by atoms with van der Waals surface area (Å²) in [5, 5.41) is 11.9. The molecule has 4 aromatic rings. The molecule has 0 aliphatic heterocycles. The fourth-order valence-corrected chi connectivity index (χ4v) is 3.30.